The highest BCUT2D eigenvalue weighted by atomic mass is 79.9. The Hall–Kier alpha value is -0.386. The zero-order valence-corrected chi connectivity index (χ0v) is 22.6. The topological polar surface area (TPSA) is 18.5 Å². The summed E-state index contributed by atoms with van der Waals surface area (Å²) in [6.07, 6.45) is 9.71. The van der Waals surface area contributed by atoms with Crippen molar-refractivity contribution < 1.29 is 8.85 Å². The molecule has 0 unspecified atom stereocenters. The third-order valence-electron chi connectivity index (χ3n) is 5.46. The van der Waals surface area contributed by atoms with Crippen LogP contribution in [-0.4, -0.2) is 29.8 Å². The van der Waals surface area contributed by atoms with Gasteiger partial charge in [-0.3, -0.25) is 0 Å². The first-order valence-corrected chi connectivity index (χ1v) is 16.2. The maximum atomic E-state index is 6.11. The van der Waals surface area contributed by atoms with E-state index in [0.717, 1.165) is 4.48 Å². The molecular weight excluding hydrogens is 432 g/mol. The fourth-order valence-electron chi connectivity index (χ4n) is 1.42. The molecule has 154 valence electrons. The van der Waals surface area contributed by atoms with Gasteiger partial charge in [0.05, 0.1) is 13.2 Å². The molecule has 2 nitrogen and oxygen atoms in total. The van der Waals surface area contributed by atoms with E-state index in [9.17, 15) is 0 Å². The van der Waals surface area contributed by atoms with Gasteiger partial charge in [-0.25, -0.2) is 0 Å². The van der Waals surface area contributed by atoms with Crippen molar-refractivity contribution in [2.24, 2.45) is 0 Å². The van der Waals surface area contributed by atoms with Crippen molar-refractivity contribution in [1.29, 1.82) is 0 Å². The van der Waals surface area contributed by atoms with Crippen LogP contribution < -0.4 is 0 Å². The predicted molar refractivity (Wildman–Crippen MR) is 129 cm³/mol. The molecule has 0 heterocycles. The second-order valence-corrected chi connectivity index (χ2v) is 20.3. The number of rotatable bonds is 7. The van der Waals surface area contributed by atoms with E-state index in [4.69, 9.17) is 8.85 Å². The van der Waals surface area contributed by atoms with Crippen molar-refractivity contribution in [2.45, 2.75) is 77.8 Å². The van der Waals surface area contributed by atoms with E-state index in [0.29, 0.717) is 13.2 Å². The van der Waals surface area contributed by atoms with Gasteiger partial charge in [0, 0.05) is 10.6 Å². The zero-order valence-electron chi connectivity index (χ0n) is 19.0. The highest BCUT2D eigenvalue weighted by Crippen LogP contribution is 2.37. The fourth-order valence-corrected chi connectivity index (χ4v) is 3.61. The maximum absolute atomic E-state index is 6.11. The summed E-state index contributed by atoms with van der Waals surface area (Å²) in [5, 5.41) is 0.473. The molecule has 5 heteroatoms. The van der Waals surface area contributed by atoms with E-state index in [1.54, 1.807) is 0 Å². The highest BCUT2D eigenvalue weighted by molar-refractivity contribution is 9.11. The zero-order chi connectivity index (χ0) is 21.4. The molecule has 0 aliphatic carbocycles. The molecule has 0 aliphatic heterocycles. The second-order valence-electron chi connectivity index (χ2n) is 9.77. The fraction of sp³-hybridized carbons (Fsp3) is 0.636. The van der Waals surface area contributed by atoms with Crippen LogP contribution in [-0.2, 0) is 8.85 Å². The lowest BCUT2D eigenvalue weighted by molar-refractivity contribution is 0.328. The van der Waals surface area contributed by atoms with E-state index in [1.807, 2.05) is 30.4 Å². The summed E-state index contributed by atoms with van der Waals surface area (Å²) in [4.78, 5) is 0. The standard InChI is InChI=1S/C22H39BrO2Si2/c1-21(2,3)26(7,8)24-18-14-12-11-13-16-20(23)17-15-19-25-27(9,10)22(4,5)6/h12,14-17H,18-19H2,1-10H3/b14-12+,17-15+,20-16-. The third kappa shape index (κ3) is 10.7. The van der Waals surface area contributed by atoms with Crippen LogP contribution in [0, 0.1) is 11.8 Å². The van der Waals surface area contributed by atoms with E-state index < -0.39 is 16.6 Å². The Balaban J connectivity index is 4.38. The summed E-state index contributed by atoms with van der Waals surface area (Å²) in [6.45, 7) is 23.8. The van der Waals surface area contributed by atoms with Crippen LogP contribution in [0.15, 0.2) is 34.9 Å². The van der Waals surface area contributed by atoms with Gasteiger partial charge in [0.15, 0.2) is 16.6 Å². The molecule has 0 radical (unpaired) electrons. The van der Waals surface area contributed by atoms with Gasteiger partial charge in [-0.1, -0.05) is 81.5 Å². The monoisotopic (exact) mass is 470 g/mol. The van der Waals surface area contributed by atoms with Crippen LogP contribution in [0.25, 0.3) is 0 Å². The summed E-state index contributed by atoms with van der Waals surface area (Å²) in [6, 6.07) is 0. The molecule has 0 spiro atoms. The molecule has 0 aliphatic rings. The molecule has 0 rings (SSSR count). The van der Waals surface area contributed by atoms with Gasteiger partial charge in [-0.2, -0.15) is 0 Å². The minimum absolute atomic E-state index is 0.236. The van der Waals surface area contributed by atoms with Crippen LogP contribution in [0.5, 0.6) is 0 Å². The molecule has 0 amide bonds. The average molecular weight is 472 g/mol. The normalized spacial score (nSPS) is 14.7. The van der Waals surface area contributed by atoms with Crippen molar-refractivity contribution in [3.8, 4) is 11.8 Å². The van der Waals surface area contributed by atoms with Crippen molar-refractivity contribution >= 4 is 32.6 Å². The second kappa shape index (κ2) is 11.0. The number of halogens is 1. The Labute approximate surface area is 178 Å². The molecule has 0 bridgehead atoms. The molecule has 0 fully saturated rings. The van der Waals surface area contributed by atoms with E-state index in [2.05, 4.69) is 95.5 Å². The van der Waals surface area contributed by atoms with Gasteiger partial charge in [0.25, 0.3) is 0 Å². The van der Waals surface area contributed by atoms with Crippen molar-refractivity contribution in [3.05, 3.63) is 34.9 Å². The van der Waals surface area contributed by atoms with Crippen LogP contribution in [0.3, 0.4) is 0 Å². The molecule has 0 aromatic heterocycles. The van der Waals surface area contributed by atoms with Gasteiger partial charge in [0.2, 0.25) is 0 Å². The number of hydrogen-bond acceptors (Lipinski definition) is 2. The highest BCUT2D eigenvalue weighted by Gasteiger charge is 2.37. The average Bonchev–Trinajstić information content (AvgIpc) is 2.48. The van der Waals surface area contributed by atoms with Gasteiger partial charge in [-0.05, 0) is 48.4 Å². The molecule has 0 aromatic carbocycles. The first kappa shape index (κ1) is 26.6. The van der Waals surface area contributed by atoms with Crippen molar-refractivity contribution in [3.63, 3.8) is 0 Å². The third-order valence-corrected chi connectivity index (χ3v) is 15.0. The van der Waals surface area contributed by atoms with Gasteiger partial charge in [-0.15, -0.1) is 0 Å². The minimum atomic E-state index is -1.68. The predicted octanol–water partition coefficient (Wildman–Crippen LogP) is 7.42. The first-order chi connectivity index (χ1) is 12.1. The van der Waals surface area contributed by atoms with Crippen molar-refractivity contribution in [2.75, 3.05) is 13.2 Å². The van der Waals surface area contributed by atoms with Crippen LogP contribution in [0.1, 0.15) is 41.5 Å². The SMILES string of the molecule is CC(C)(C)[Si](C)(C)OC/C=C/C#C/C=C(Br)/C=C/CO[Si](C)(C)C(C)(C)C. The van der Waals surface area contributed by atoms with Gasteiger partial charge >= 0.3 is 0 Å². The van der Waals surface area contributed by atoms with E-state index in [1.165, 1.54) is 0 Å². The largest absolute Gasteiger partial charge is 0.413 e. The first-order valence-electron chi connectivity index (χ1n) is 9.56. The molecular formula is C22H39BrO2Si2. The molecule has 0 atom stereocenters. The summed E-state index contributed by atoms with van der Waals surface area (Å²) in [7, 11) is -3.35. The molecule has 0 saturated heterocycles. The molecule has 0 aromatic rings. The molecule has 0 saturated carbocycles. The number of hydrogen-bond donors (Lipinski definition) is 0. The quantitative estimate of drug-likeness (QED) is 0.218. The van der Waals surface area contributed by atoms with Crippen LogP contribution >= 0.6 is 15.9 Å². The maximum Gasteiger partial charge on any atom is 0.192 e. The Morgan fingerprint density at radius 3 is 1.70 bits per heavy atom. The smallest absolute Gasteiger partial charge is 0.192 e. The van der Waals surface area contributed by atoms with E-state index >= 15 is 0 Å². The van der Waals surface area contributed by atoms with Gasteiger partial charge < -0.3 is 8.85 Å². The van der Waals surface area contributed by atoms with Crippen LogP contribution in [0.4, 0.5) is 0 Å². The molecule has 0 N–H and O–H groups in total. The van der Waals surface area contributed by atoms with E-state index in [-0.39, 0.29) is 10.1 Å². The summed E-state index contributed by atoms with van der Waals surface area (Å²) in [5.41, 5.74) is 0. The lowest BCUT2D eigenvalue weighted by atomic mass is 10.2. The number of allylic oxidation sites excluding steroid dienone is 4. The Morgan fingerprint density at radius 1 is 0.815 bits per heavy atom. The van der Waals surface area contributed by atoms with Gasteiger partial charge in [0.1, 0.15) is 0 Å². The Kier molecular flexibility index (Phi) is 10.8. The Bertz CT molecular complexity index is 607. The van der Waals surface area contributed by atoms with Crippen molar-refractivity contribution in [1.82, 2.24) is 0 Å². The lowest BCUT2D eigenvalue weighted by Gasteiger charge is -2.35. The minimum Gasteiger partial charge on any atom is -0.413 e. The Morgan fingerprint density at radius 2 is 1.26 bits per heavy atom. The summed E-state index contributed by atoms with van der Waals surface area (Å²) < 4.78 is 13.1. The van der Waals surface area contributed by atoms with Crippen LogP contribution in [0.2, 0.25) is 36.3 Å². The molecule has 27 heavy (non-hydrogen) atoms. The lowest BCUT2D eigenvalue weighted by Crippen LogP contribution is -2.40. The summed E-state index contributed by atoms with van der Waals surface area (Å²) >= 11 is 3.51. The summed E-state index contributed by atoms with van der Waals surface area (Å²) in [5.74, 6) is 6.04.